The van der Waals surface area contributed by atoms with Gasteiger partial charge >= 0.3 is 12.1 Å². The lowest BCUT2D eigenvalue weighted by molar-refractivity contribution is -0.152. The summed E-state index contributed by atoms with van der Waals surface area (Å²) >= 11 is 0. The smallest absolute Gasteiger partial charge is 0.407 e. The highest BCUT2D eigenvalue weighted by molar-refractivity contribution is 5.80. The average molecular weight is 302 g/mol. The summed E-state index contributed by atoms with van der Waals surface area (Å²) in [5.41, 5.74) is -1.40. The standard InChI is InChI=1S/C14H26N2O5/c1-13(2,3)21-12(19)15-6-7-16-9-10(17)8-14(16,4)11(18)20-5/h10,17H,6-9H2,1-5H3,(H,15,19)/t10-,14-/m1/s1. The van der Waals surface area contributed by atoms with Gasteiger partial charge in [0.25, 0.3) is 0 Å². The molecule has 0 unspecified atom stereocenters. The van der Waals surface area contributed by atoms with Gasteiger partial charge in [0.15, 0.2) is 0 Å². The lowest BCUT2D eigenvalue weighted by Crippen LogP contribution is -2.51. The molecular weight excluding hydrogens is 276 g/mol. The summed E-state index contributed by atoms with van der Waals surface area (Å²) in [4.78, 5) is 25.3. The maximum atomic E-state index is 11.9. The number of nitrogens with one attached hydrogen (secondary N) is 1. The topological polar surface area (TPSA) is 88.1 Å². The lowest BCUT2D eigenvalue weighted by Gasteiger charge is -2.32. The monoisotopic (exact) mass is 302 g/mol. The molecule has 0 aromatic rings. The molecule has 1 amide bonds. The molecule has 0 spiro atoms. The first-order chi connectivity index (χ1) is 9.58. The van der Waals surface area contributed by atoms with Crippen LogP contribution in [0, 0.1) is 0 Å². The van der Waals surface area contributed by atoms with E-state index in [1.54, 1.807) is 27.7 Å². The van der Waals surface area contributed by atoms with Crippen molar-refractivity contribution < 1.29 is 24.2 Å². The Labute approximate surface area is 125 Å². The van der Waals surface area contributed by atoms with Crippen molar-refractivity contribution in [3.8, 4) is 0 Å². The van der Waals surface area contributed by atoms with Crippen LogP contribution < -0.4 is 5.32 Å². The quantitative estimate of drug-likeness (QED) is 0.736. The molecule has 1 fully saturated rings. The Morgan fingerprint density at radius 3 is 2.57 bits per heavy atom. The average Bonchev–Trinajstić information content (AvgIpc) is 2.62. The van der Waals surface area contributed by atoms with Crippen molar-refractivity contribution in [2.45, 2.75) is 51.4 Å². The van der Waals surface area contributed by atoms with Gasteiger partial charge in [-0.05, 0) is 27.7 Å². The zero-order valence-electron chi connectivity index (χ0n) is 13.4. The van der Waals surface area contributed by atoms with Crippen molar-refractivity contribution in [1.29, 1.82) is 0 Å². The number of likely N-dealkylation sites (tertiary alicyclic amines) is 1. The Hall–Kier alpha value is -1.34. The normalized spacial score (nSPS) is 26.5. The summed E-state index contributed by atoms with van der Waals surface area (Å²) < 4.78 is 9.94. The van der Waals surface area contributed by atoms with Crippen LogP contribution in [-0.4, -0.2) is 66.1 Å². The van der Waals surface area contributed by atoms with E-state index < -0.39 is 23.3 Å². The third-order valence-electron chi connectivity index (χ3n) is 3.44. The molecule has 2 N–H and O–H groups in total. The van der Waals surface area contributed by atoms with Gasteiger partial charge in [-0.15, -0.1) is 0 Å². The number of methoxy groups -OCH3 is 1. The van der Waals surface area contributed by atoms with Crippen LogP contribution in [0.25, 0.3) is 0 Å². The number of rotatable bonds is 4. The molecule has 0 radical (unpaired) electrons. The molecule has 0 aromatic carbocycles. The summed E-state index contributed by atoms with van der Waals surface area (Å²) in [5.74, 6) is -0.378. The fourth-order valence-corrected chi connectivity index (χ4v) is 2.49. The van der Waals surface area contributed by atoms with Crippen LogP contribution in [0.2, 0.25) is 0 Å². The van der Waals surface area contributed by atoms with Crippen molar-refractivity contribution in [3.05, 3.63) is 0 Å². The number of carbonyl (C=O) groups excluding carboxylic acids is 2. The predicted octanol–water partition coefficient (Wildman–Crippen LogP) is 0.509. The Bertz CT molecular complexity index is 393. The molecule has 1 aliphatic rings. The Morgan fingerprint density at radius 1 is 1.43 bits per heavy atom. The number of carbonyl (C=O) groups is 2. The van der Waals surface area contributed by atoms with Gasteiger partial charge in [0, 0.05) is 26.1 Å². The van der Waals surface area contributed by atoms with E-state index in [0.717, 1.165) is 0 Å². The maximum absolute atomic E-state index is 11.9. The highest BCUT2D eigenvalue weighted by atomic mass is 16.6. The molecule has 122 valence electrons. The minimum absolute atomic E-state index is 0.326. The zero-order valence-corrected chi connectivity index (χ0v) is 13.4. The number of nitrogens with zero attached hydrogens (tertiary/aromatic N) is 1. The van der Waals surface area contributed by atoms with Crippen molar-refractivity contribution in [2.24, 2.45) is 0 Å². The Morgan fingerprint density at radius 2 is 2.05 bits per heavy atom. The molecule has 0 bridgehead atoms. The van der Waals surface area contributed by atoms with E-state index in [4.69, 9.17) is 9.47 Å². The van der Waals surface area contributed by atoms with Crippen LogP contribution >= 0.6 is 0 Å². The third kappa shape index (κ3) is 4.86. The molecular formula is C14H26N2O5. The predicted molar refractivity (Wildman–Crippen MR) is 76.9 cm³/mol. The minimum Gasteiger partial charge on any atom is -0.468 e. The molecule has 1 aliphatic heterocycles. The first kappa shape index (κ1) is 17.7. The van der Waals surface area contributed by atoms with E-state index in [-0.39, 0.29) is 5.97 Å². The van der Waals surface area contributed by atoms with Crippen molar-refractivity contribution in [1.82, 2.24) is 10.2 Å². The number of amides is 1. The van der Waals surface area contributed by atoms with Gasteiger partial charge in [0.1, 0.15) is 11.1 Å². The van der Waals surface area contributed by atoms with Gasteiger partial charge in [-0.25, -0.2) is 4.79 Å². The number of β-amino-alcohol motifs (C(OH)–C–C–N with tert-alkyl or cyclic N) is 1. The zero-order chi connectivity index (χ0) is 16.3. The molecule has 7 nitrogen and oxygen atoms in total. The number of hydrogen-bond acceptors (Lipinski definition) is 6. The highest BCUT2D eigenvalue weighted by Gasteiger charge is 2.47. The minimum atomic E-state index is -0.857. The summed E-state index contributed by atoms with van der Waals surface area (Å²) in [6.45, 7) is 8.24. The Balaban J connectivity index is 2.50. The van der Waals surface area contributed by atoms with Crippen molar-refractivity contribution in [3.63, 3.8) is 0 Å². The summed E-state index contributed by atoms with van der Waals surface area (Å²) in [5, 5.41) is 12.4. The van der Waals surface area contributed by atoms with Crippen molar-refractivity contribution >= 4 is 12.1 Å². The highest BCUT2D eigenvalue weighted by Crippen LogP contribution is 2.29. The van der Waals surface area contributed by atoms with E-state index >= 15 is 0 Å². The first-order valence-electron chi connectivity index (χ1n) is 7.07. The lowest BCUT2D eigenvalue weighted by atomic mass is 9.98. The molecule has 1 rings (SSSR count). The van der Waals surface area contributed by atoms with Gasteiger partial charge in [0.05, 0.1) is 13.2 Å². The van der Waals surface area contributed by atoms with Gasteiger partial charge in [-0.3, -0.25) is 9.69 Å². The van der Waals surface area contributed by atoms with Crippen LogP contribution in [0.3, 0.4) is 0 Å². The SMILES string of the molecule is COC(=O)[C@@]1(C)C[C@@H](O)CN1CCNC(=O)OC(C)(C)C. The van der Waals surface area contributed by atoms with E-state index in [1.807, 2.05) is 4.90 Å². The fraction of sp³-hybridized carbons (Fsp3) is 0.857. The van der Waals surface area contributed by atoms with Crippen LogP contribution in [-0.2, 0) is 14.3 Å². The molecule has 0 aromatic heterocycles. The van der Waals surface area contributed by atoms with E-state index in [9.17, 15) is 14.7 Å². The number of ether oxygens (including phenoxy) is 2. The van der Waals surface area contributed by atoms with Gasteiger partial charge in [-0.1, -0.05) is 0 Å². The first-order valence-corrected chi connectivity index (χ1v) is 7.07. The molecule has 21 heavy (non-hydrogen) atoms. The van der Waals surface area contributed by atoms with Crippen molar-refractivity contribution in [2.75, 3.05) is 26.7 Å². The second-order valence-corrected chi connectivity index (χ2v) is 6.50. The third-order valence-corrected chi connectivity index (χ3v) is 3.44. The van der Waals surface area contributed by atoms with E-state index in [1.165, 1.54) is 7.11 Å². The number of hydrogen-bond donors (Lipinski definition) is 2. The van der Waals surface area contributed by atoms with E-state index in [2.05, 4.69) is 5.32 Å². The molecule has 1 saturated heterocycles. The van der Waals surface area contributed by atoms with Crippen LogP contribution in [0.15, 0.2) is 0 Å². The fourth-order valence-electron chi connectivity index (χ4n) is 2.49. The van der Waals surface area contributed by atoms with Gasteiger partial charge < -0.3 is 19.9 Å². The second kappa shape index (κ2) is 6.62. The largest absolute Gasteiger partial charge is 0.468 e. The number of aliphatic hydroxyl groups is 1. The van der Waals surface area contributed by atoms with E-state index in [0.29, 0.717) is 26.1 Å². The maximum Gasteiger partial charge on any atom is 0.407 e. The summed E-state index contributed by atoms with van der Waals surface area (Å²) in [7, 11) is 1.33. The molecule has 0 aliphatic carbocycles. The van der Waals surface area contributed by atoms with Gasteiger partial charge in [0.2, 0.25) is 0 Å². The summed E-state index contributed by atoms with van der Waals surface area (Å²) in [6.07, 6.45) is -0.746. The molecule has 2 atom stereocenters. The number of esters is 1. The second-order valence-electron chi connectivity index (χ2n) is 6.50. The molecule has 1 heterocycles. The van der Waals surface area contributed by atoms with Gasteiger partial charge in [-0.2, -0.15) is 0 Å². The summed E-state index contributed by atoms with van der Waals surface area (Å²) in [6, 6.07) is 0. The molecule has 0 saturated carbocycles. The number of alkyl carbamates (subject to hydrolysis) is 1. The number of aliphatic hydroxyl groups excluding tert-OH is 1. The molecule has 7 heteroatoms. The van der Waals surface area contributed by atoms with Crippen LogP contribution in [0.4, 0.5) is 4.79 Å². The van der Waals surface area contributed by atoms with Crippen LogP contribution in [0.1, 0.15) is 34.1 Å². The van der Waals surface area contributed by atoms with Crippen LogP contribution in [0.5, 0.6) is 0 Å². The Kier molecular flexibility index (Phi) is 5.58.